The van der Waals surface area contributed by atoms with E-state index in [2.05, 4.69) is 26.0 Å². The van der Waals surface area contributed by atoms with Crippen molar-refractivity contribution in [1.29, 1.82) is 0 Å². The lowest BCUT2D eigenvalue weighted by molar-refractivity contribution is -0.140. The van der Waals surface area contributed by atoms with Gasteiger partial charge in [0, 0.05) is 25.4 Å². The van der Waals surface area contributed by atoms with Gasteiger partial charge in [-0.05, 0) is 73.5 Å². The van der Waals surface area contributed by atoms with E-state index in [0.717, 1.165) is 22.6 Å². The van der Waals surface area contributed by atoms with Crippen molar-refractivity contribution in [2.24, 2.45) is 12.5 Å². The van der Waals surface area contributed by atoms with Crippen LogP contribution in [-0.4, -0.2) is 68.5 Å². The molecule has 3 heterocycles. The molecule has 6 rings (SSSR count). The quantitative estimate of drug-likeness (QED) is 0.168. The van der Waals surface area contributed by atoms with Gasteiger partial charge in [0.15, 0.2) is 5.78 Å². The van der Waals surface area contributed by atoms with Crippen LogP contribution in [0.2, 0.25) is 0 Å². The highest BCUT2D eigenvalue weighted by atomic mass is 32.2. The summed E-state index contributed by atoms with van der Waals surface area (Å²) in [5.41, 5.74) is 0.762. The Hall–Kier alpha value is -4.24. The fourth-order valence-corrected chi connectivity index (χ4v) is 7.81. The van der Waals surface area contributed by atoms with Crippen LogP contribution in [-0.2, 0) is 23.2 Å². The van der Waals surface area contributed by atoms with E-state index in [4.69, 9.17) is 0 Å². The minimum absolute atomic E-state index is 0.0168. The summed E-state index contributed by atoms with van der Waals surface area (Å²) in [5.74, 6) is 1.95. The van der Waals surface area contributed by atoms with Crippen molar-refractivity contribution in [2.75, 3.05) is 6.54 Å². The van der Waals surface area contributed by atoms with Gasteiger partial charge in [-0.2, -0.15) is 18.3 Å². The fraction of sp³-hybridized carbons (Fsp3) is 0.310. The second kappa shape index (κ2) is 10.7. The minimum Gasteiger partial charge on any atom is -0.291 e. The highest BCUT2D eigenvalue weighted by Crippen LogP contribution is 2.51. The molecule has 0 N–H and O–H groups in total. The maximum atomic E-state index is 14.3. The summed E-state index contributed by atoms with van der Waals surface area (Å²) in [7, 11) is -2.36. The molecule has 4 aromatic rings. The van der Waals surface area contributed by atoms with Gasteiger partial charge in [-0.15, -0.1) is 5.10 Å². The van der Waals surface area contributed by atoms with Gasteiger partial charge in [0.05, 0.1) is 32.7 Å². The first-order chi connectivity index (χ1) is 20.8. The number of hydrogen-bond donors (Lipinski definition) is 0. The Morgan fingerprint density at radius 2 is 1.91 bits per heavy atom. The lowest BCUT2D eigenvalue weighted by atomic mass is 9.60. The van der Waals surface area contributed by atoms with Crippen molar-refractivity contribution in [1.82, 2.24) is 33.8 Å². The van der Waals surface area contributed by atoms with Crippen molar-refractivity contribution in [3.05, 3.63) is 89.3 Å². The maximum Gasteiger partial charge on any atom is 0.402 e. The Bertz CT molecular complexity index is 1880. The number of nitrogens with zero attached hydrogens (tertiary/aromatic N) is 7. The summed E-state index contributed by atoms with van der Waals surface area (Å²) in [6, 6.07) is 6.70. The fourth-order valence-electron chi connectivity index (χ4n) is 6.11. The molecule has 44 heavy (non-hydrogen) atoms. The molecule has 9 nitrogen and oxygen atoms in total. The molecule has 0 saturated heterocycles. The van der Waals surface area contributed by atoms with E-state index < -0.39 is 51.3 Å². The smallest absolute Gasteiger partial charge is 0.291 e. The molecular weight excluding hydrogens is 605 g/mol. The third-order valence-corrected chi connectivity index (χ3v) is 10.0. The molecule has 0 radical (unpaired) electrons. The number of hydrogen-bond acceptors (Lipinski definition) is 6. The van der Waals surface area contributed by atoms with E-state index in [1.807, 2.05) is 0 Å². The second-order valence-electron chi connectivity index (χ2n) is 11.0. The topological polar surface area (TPSA) is 98.8 Å². The first-order valence-corrected chi connectivity index (χ1v) is 15.2. The molecule has 0 amide bonds. The summed E-state index contributed by atoms with van der Waals surface area (Å²) < 4.78 is 87.4. The van der Waals surface area contributed by atoms with Crippen LogP contribution in [0.5, 0.6) is 0 Å². The van der Waals surface area contributed by atoms with Gasteiger partial charge < -0.3 is 0 Å². The predicted molar refractivity (Wildman–Crippen MR) is 151 cm³/mol. The number of ketones is 1. The van der Waals surface area contributed by atoms with E-state index in [9.17, 15) is 31.0 Å². The normalized spacial score (nSPS) is 21.3. The zero-order chi connectivity index (χ0) is 31.4. The molecule has 3 atom stereocenters. The van der Waals surface area contributed by atoms with Gasteiger partial charge in [0.2, 0.25) is 5.16 Å². The molecule has 3 aromatic heterocycles. The third kappa shape index (κ3) is 5.34. The number of carbonyl (C=O) groups excluding carboxylic acids is 1. The average Bonchev–Trinajstić information content (AvgIpc) is 3.60. The van der Waals surface area contributed by atoms with Gasteiger partial charge in [-0.25, -0.2) is 27.0 Å². The number of halogens is 5. The summed E-state index contributed by atoms with van der Waals surface area (Å²) in [6.45, 7) is -1.58. The van der Waals surface area contributed by atoms with Crippen molar-refractivity contribution in [2.45, 2.75) is 43.1 Å². The van der Waals surface area contributed by atoms with E-state index in [0.29, 0.717) is 22.5 Å². The van der Waals surface area contributed by atoms with Gasteiger partial charge >= 0.3 is 6.18 Å². The van der Waals surface area contributed by atoms with Gasteiger partial charge in [-0.3, -0.25) is 14.5 Å². The third-order valence-electron chi connectivity index (χ3n) is 8.08. The molecule has 0 spiro atoms. The molecule has 1 unspecified atom stereocenters. The number of aromatic nitrogens is 6. The van der Waals surface area contributed by atoms with Crippen molar-refractivity contribution >= 4 is 27.4 Å². The summed E-state index contributed by atoms with van der Waals surface area (Å²) in [4.78, 5) is 22.3. The molecule has 0 aliphatic heterocycles. The molecule has 2 aliphatic carbocycles. The van der Waals surface area contributed by atoms with Gasteiger partial charge in [0.1, 0.15) is 30.2 Å². The molecule has 1 saturated carbocycles. The van der Waals surface area contributed by atoms with Crippen LogP contribution in [0.3, 0.4) is 0 Å². The average molecular weight is 632 g/mol. The zero-order valence-corrected chi connectivity index (χ0v) is 24.2. The number of carbonyl (C=O) groups is 1. The monoisotopic (exact) mass is 631 g/mol. The minimum atomic E-state index is -4.76. The van der Waals surface area contributed by atoms with Crippen molar-refractivity contribution < 1.29 is 31.0 Å². The molecule has 230 valence electrons. The SMILES string of the molecule is C=S(=O)(c1ncn(C)n1)N(CC(F)(F)F)[C@H]1CCC2=Cc3c(cnn3-c3ccc(F)cc3)C[C@]2(C(=O)c2cc(F)ccn2)C1. The van der Waals surface area contributed by atoms with Crippen LogP contribution >= 0.6 is 0 Å². The molecule has 1 aromatic carbocycles. The number of allylic oxidation sites excluding steroid dienone is 1. The standard InChI is InChI=1S/C29H26F5N7O2S/c1-39-17-36-27(38-39)44(2,43)40(16-29(32,33)34)23-6-3-19-11-25-18(15-37-41(25)22-7-4-20(30)5-8-22)13-28(19,14-23)26(42)24-12-21(31)9-10-35-24/h4-5,7-12,15,17,23H,2-3,6,13-14,16H2,1H3/t23-,28-,44?/m0/s1. The highest BCUT2D eigenvalue weighted by molar-refractivity contribution is 7.98. The lowest BCUT2D eigenvalue weighted by Crippen LogP contribution is -2.52. The Balaban J connectivity index is 1.46. The molecular formula is C29H26F5N7O2S. The Morgan fingerprint density at radius 3 is 2.57 bits per heavy atom. The number of alkyl halides is 3. The molecule has 2 aliphatic rings. The number of Topliss-reactive ketones (excluding diaryl/α,β-unsaturated/α-hetero) is 1. The van der Waals surface area contributed by atoms with E-state index >= 15 is 0 Å². The zero-order valence-electron chi connectivity index (χ0n) is 23.3. The summed E-state index contributed by atoms with van der Waals surface area (Å²) in [6.07, 6.45) is 0.993. The Kier molecular flexibility index (Phi) is 7.27. The molecule has 1 fully saturated rings. The summed E-state index contributed by atoms with van der Waals surface area (Å²) >= 11 is 0. The van der Waals surface area contributed by atoms with E-state index in [-0.39, 0.29) is 36.5 Å². The van der Waals surface area contributed by atoms with Crippen LogP contribution in [0, 0.1) is 17.0 Å². The van der Waals surface area contributed by atoms with Crippen LogP contribution in [0.25, 0.3) is 11.8 Å². The number of fused-ring (bicyclic) bond motifs is 2. The van der Waals surface area contributed by atoms with Crippen LogP contribution < -0.4 is 0 Å². The first-order valence-electron chi connectivity index (χ1n) is 13.5. The van der Waals surface area contributed by atoms with Crippen molar-refractivity contribution in [3.8, 4) is 5.69 Å². The Morgan fingerprint density at radius 1 is 1.16 bits per heavy atom. The van der Waals surface area contributed by atoms with Gasteiger partial charge in [0.25, 0.3) is 0 Å². The van der Waals surface area contributed by atoms with Crippen LogP contribution in [0.4, 0.5) is 22.0 Å². The van der Waals surface area contributed by atoms with E-state index in [1.54, 1.807) is 29.1 Å². The van der Waals surface area contributed by atoms with Crippen LogP contribution in [0.1, 0.15) is 41.0 Å². The first kappa shape index (κ1) is 29.8. The maximum absolute atomic E-state index is 14.3. The molecule has 0 bridgehead atoms. The largest absolute Gasteiger partial charge is 0.402 e. The van der Waals surface area contributed by atoms with Crippen molar-refractivity contribution in [3.63, 3.8) is 0 Å². The van der Waals surface area contributed by atoms with E-state index in [1.165, 1.54) is 30.2 Å². The van der Waals surface area contributed by atoms with Gasteiger partial charge in [-0.1, -0.05) is 5.57 Å². The predicted octanol–water partition coefficient (Wildman–Crippen LogP) is 4.59. The lowest BCUT2D eigenvalue weighted by Gasteiger charge is -2.47. The number of rotatable bonds is 7. The molecule has 15 heteroatoms. The number of aryl methyl sites for hydroxylation is 1. The summed E-state index contributed by atoms with van der Waals surface area (Å²) in [5, 5.41) is 8.07. The number of benzene rings is 1. The second-order valence-corrected chi connectivity index (χ2v) is 13.1. The number of pyridine rings is 1. The van der Waals surface area contributed by atoms with Crippen LogP contribution in [0.15, 0.2) is 65.8 Å². The Labute approximate surface area is 249 Å². The highest BCUT2D eigenvalue weighted by Gasteiger charge is 2.52.